The van der Waals surface area contributed by atoms with Crippen LogP contribution in [0.5, 0.6) is 0 Å². The van der Waals surface area contributed by atoms with Crippen LogP contribution in [0.4, 0.5) is 14.5 Å². The molecule has 2 aromatic rings. The van der Waals surface area contributed by atoms with Crippen molar-refractivity contribution in [3.8, 4) is 0 Å². The third kappa shape index (κ3) is 3.52. The summed E-state index contributed by atoms with van der Waals surface area (Å²) in [4.78, 5) is 0. The van der Waals surface area contributed by atoms with Gasteiger partial charge in [0.15, 0.2) is 0 Å². The first-order chi connectivity index (χ1) is 9.10. The third-order valence-corrected chi connectivity index (χ3v) is 3.48. The van der Waals surface area contributed by atoms with Crippen LogP contribution in [-0.2, 0) is 0 Å². The molecule has 0 saturated heterocycles. The Labute approximate surface area is 118 Å². The normalized spacial score (nSPS) is 12.2. The number of hydrogen-bond donors (Lipinski definition) is 2. The fourth-order valence-electron chi connectivity index (χ4n) is 1.79. The molecule has 2 rings (SSSR count). The zero-order valence-corrected chi connectivity index (χ0v) is 11.6. The van der Waals surface area contributed by atoms with Crippen molar-refractivity contribution in [1.29, 1.82) is 0 Å². The molecule has 0 aliphatic heterocycles. The summed E-state index contributed by atoms with van der Waals surface area (Å²) < 4.78 is 26.9. The Balaban J connectivity index is 2.24. The first kappa shape index (κ1) is 14.0. The highest BCUT2D eigenvalue weighted by Gasteiger charge is 2.13. The van der Waals surface area contributed by atoms with Crippen LogP contribution in [0, 0.1) is 11.6 Å². The van der Waals surface area contributed by atoms with E-state index in [1.165, 1.54) is 24.3 Å². The van der Waals surface area contributed by atoms with Crippen molar-refractivity contribution in [2.24, 2.45) is 5.73 Å². The molecule has 0 saturated carbocycles. The lowest BCUT2D eigenvalue weighted by atomic mass is 10.1. The fourth-order valence-corrected chi connectivity index (χ4v) is 2.32. The van der Waals surface area contributed by atoms with Gasteiger partial charge in [0.2, 0.25) is 0 Å². The molecule has 0 heterocycles. The largest absolute Gasteiger partial charge is 0.377 e. The highest BCUT2D eigenvalue weighted by molar-refractivity contribution is 9.10. The molecule has 5 heteroatoms. The summed E-state index contributed by atoms with van der Waals surface area (Å²) >= 11 is 3.37. The summed E-state index contributed by atoms with van der Waals surface area (Å²) in [6.45, 7) is 0.291. The van der Waals surface area contributed by atoms with Crippen molar-refractivity contribution >= 4 is 21.6 Å². The molecule has 3 N–H and O–H groups in total. The number of halogens is 3. The Morgan fingerprint density at radius 2 is 1.68 bits per heavy atom. The van der Waals surface area contributed by atoms with Crippen LogP contribution < -0.4 is 11.1 Å². The van der Waals surface area contributed by atoms with Gasteiger partial charge in [0.1, 0.15) is 11.6 Å². The molecule has 0 radical (unpaired) electrons. The second-order valence-electron chi connectivity index (χ2n) is 4.11. The second kappa shape index (κ2) is 6.12. The van der Waals surface area contributed by atoms with E-state index in [0.29, 0.717) is 6.54 Å². The van der Waals surface area contributed by atoms with Gasteiger partial charge in [-0.15, -0.1) is 0 Å². The molecule has 0 bridgehead atoms. The molecule has 0 amide bonds. The van der Waals surface area contributed by atoms with Gasteiger partial charge in [0.25, 0.3) is 0 Å². The molecule has 2 aromatic carbocycles. The van der Waals surface area contributed by atoms with Gasteiger partial charge in [-0.3, -0.25) is 0 Å². The van der Waals surface area contributed by atoms with Crippen molar-refractivity contribution in [2.45, 2.75) is 6.04 Å². The van der Waals surface area contributed by atoms with E-state index in [4.69, 9.17) is 5.73 Å². The van der Waals surface area contributed by atoms with Crippen LogP contribution in [-0.4, -0.2) is 6.54 Å². The maximum Gasteiger partial charge on any atom is 0.123 e. The first-order valence-corrected chi connectivity index (χ1v) is 6.56. The highest BCUT2D eigenvalue weighted by Crippen LogP contribution is 2.26. The molecular formula is C14H13BrF2N2. The van der Waals surface area contributed by atoms with E-state index < -0.39 is 0 Å². The first-order valence-electron chi connectivity index (χ1n) is 5.77. The summed E-state index contributed by atoms with van der Waals surface area (Å²) in [5.74, 6) is -0.626. The molecular weight excluding hydrogens is 314 g/mol. The fraction of sp³-hybridized carbons (Fsp3) is 0.143. The molecule has 0 spiro atoms. The van der Waals surface area contributed by atoms with Gasteiger partial charge in [-0.2, -0.15) is 0 Å². The molecule has 0 aromatic heterocycles. The minimum atomic E-state index is -0.322. The predicted molar refractivity (Wildman–Crippen MR) is 75.9 cm³/mol. The zero-order chi connectivity index (χ0) is 13.8. The molecule has 2 nitrogen and oxygen atoms in total. The van der Waals surface area contributed by atoms with Crippen LogP contribution >= 0.6 is 15.9 Å². The minimum absolute atomic E-state index is 0.254. The number of nitrogens with two attached hydrogens (primary N) is 1. The number of hydrogen-bond acceptors (Lipinski definition) is 2. The number of benzene rings is 2. The van der Waals surface area contributed by atoms with Crippen molar-refractivity contribution in [2.75, 3.05) is 11.9 Å². The number of nitrogens with one attached hydrogen (secondary N) is 1. The molecule has 0 aliphatic rings. The lowest BCUT2D eigenvalue weighted by Crippen LogP contribution is -2.21. The van der Waals surface area contributed by atoms with E-state index in [0.717, 1.165) is 15.7 Å². The highest BCUT2D eigenvalue weighted by atomic mass is 79.9. The molecule has 19 heavy (non-hydrogen) atoms. The van der Waals surface area contributed by atoms with Gasteiger partial charge in [0, 0.05) is 16.7 Å². The van der Waals surface area contributed by atoms with Crippen molar-refractivity contribution in [1.82, 2.24) is 0 Å². The predicted octanol–water partition coefficient (Wildman–Crippen LogP) is 3.84. The molecule has 1 unspecified atom stereocenters. The van der Waals surface area contributed by atoms with Crippen molar-refractivity contribution in [3.05, 3.63) is 64.1 Å². The van der Waals surface area contributed by atoms with Gasteiger partial charge in [-0.25, -0.2) is 8.78 Å². The van der Waals surface area contributed by atoms with Crippen LogP contribution in [0.1, 0.15) is 11.6 Å². The van der Waals surface area contributed by atoms with Gasteiger partial charge in [-0.05, 0) is 48.0 Å². The molecule has 1 atom stereocenters. The third-order valence-electron chi connectivity index (χ3n) is 2.75. The summed E-state index contributed by atoms with van der Waals surface area (Å²) in [5.41, 5.74) is 7.18. The number of rotatable bonds is 4. The summed E-state index contributed by atoms with van der Waals surface area (Å²) in [6, 6.07) is 10.1. The summed E-state index contributed by atoms with van der Waals surface area (Å²) in [7, 11) is 0. The van der Waals surface area contributed by atoms with E-state index in [9.17, 15) is 8.78 Å². The van der Waals surface area contributed by atoms with E-state index in [1.807, 2.05) is 0 Å². The van der Waals surface area contributed by atoms with Crippen LogP contribution in [0.2, 0.25) is 0 Å². The Hall–Kier alpha value is -1.46. The van der Waals surface area contributed by atoms with Crippen LogP contribution in [0.25, 0.3) is 0 Å². The SMILES string of the molecule is NCC(Nc1ccc(F)cc1)c1cc(F)ccc1Br. The van der Waals surface area contributed by atoms with Crippen molar-refractivity contribution in [3.63, 3.8) is 0 Å². The molecule has 100 valence electrons. The summed E-state index contributed by atoms with van der Waals surface area (Å²) in [6.07, 6.45) is 0. The Kier molecular flexibility index (Phi) is 4.50. The second-order valence-corrected chi connectivity index (χ2v) is 4.96. The average molecular weight is 327 g/mol. The van der Waals surface area contributed by atoms with E-state index >= 15 is 0 Å². The maximum atomic E-state index is 13.3. The van der Waals surface area contributed by atoms with Gasteiger partial charge >= 0.3 is 0 Å². The zero-order valence-electron chi connectivity index (χ0n) is 10.0. The average Bonchev–Trinajstić information content (AvgIpc) is 2.41. The maximum absolute atomic E-state index is 13.3. The Morgan fingerprint density at radius 1 is 1.05 bits per heavy atom. The molecule has 0 fully saturated rings. The standard InChI is InChI=1S/C14H13BrF2N2/c15-13-6-3-10(17)7-12(13)14(8-18)19-11-4-1-9(16)2-5-11/h1-7,14,19H,8,18H2. The number of anilines is 1. The monoisotopic (exact) mass is 326 g/mol. The van der Waals surface area contributed by atoms with Crippen LogP contribution in [0.15, 0.2) is 46.9 Å². The van der Waals surface area contributed by atoms with E-state index in [1.54, 1.807) is 18.2 Å². The quantitative estimate of drug-likeness (QED) is 0.895. The van der Waals surface area contributed by atoms with Gasteiger partial charge in [0.05, 0.1) is 6.04 Å². The van der Waals surface area contributed by atoms with Gasteiger partial charge < -0.3 is 11.1 Å². The lowest BCUT2D eigenvalue weighted by Gasteiger charge is -2.20. The summed E-state index contributed by atoms with van der Waals surface area (Å²) in [5, 5.41) is 3.15. The minimum Gasteiger partial charge on any atom is -0.377 e. The van der Waals surface area contributed by atoms with Gasteiger partial charge in [-0.1, -0.05) is 15.9 Å². The Morgan fingerprint density at radius 3 is 2.32 bits per heavy atom. The van der Waals surface area contributed by atoms with E-state index in [-0.39, 0.29) is 17.7 Å². The molecule has 0 aliphatic carbocycles. The lowest BCUT2D eigenvalue weighted by molar-refractivity contribution is 0.621. The smallest absolute Gasteiger partial charge is 0.123 e. The van der Waals surface area contributed by atoms with E-state index in [2.05, 4.69) is 21.2 Å². The Bertz CT molecular complexity index is 558. The van der Waals surface area contributed by atoms with Crippen LogP contribution in [0.3, 0.4) is 0 Å². The van der Waals surface area contributed by atoms with Crippen molar-refractivity contribution < 1.29 is 8.78 Å². The topological polar surface area (TPSA) is 38.0 Å².